The zero-order valence-electron chi connectivity index (χ0n) is 18.7. The van der Waals surface area contributed by atoms with Gasteiger partial charge in [0.15, 0.2) is 0 Å². The third-order valence-corrected chi connectivity index (χ3v) is 5.09. The lowest BCUT2D eigenvalue weighted by molar-refractivity contribution is -0.129. The Morgan fingerprint density at radius 3 is 2.56 bits per heavy atom. The zero-order chi connectivity index (χ0) is 23.1. The van der Waals surface area contributed by atoms with E-state index in [1.54, 1.807) is 25.4 Å². The summed E-state index contributed by atoms with van der Waals surface area (Å²) in [5.74, 6) is -0.746. The molecule has 0 aliphatic carbocycles. The number of rotatable bonds is 9. The molecule has 1 aromatic carbocycles. The van der Waals surface area contributed by atoms with Crippen LogP contribution >= 0.6 is 0 Å². The fourth-order valence-corrected chi connectivity index (χ4v) is 3.65. The number of hydrogen-bond acceptors (Lipinski definition) is 4. The van der Waals surface area contributed by atoms with Crippen molar-refractivity contribution in [2.45, 2.75) is 39.3 Å². The molecule has 1 atom stereocenters. The molecule has 3 aromatic rings. The van der Waals surface area contributed by atoms with Crippen LogP contribution in [-0.4, -0.2) is 32.1 Å². The van der Waals surface area contributed by atoms with Crippen molar-refractivity contribution in [3.8, 4) is 11.3 Å². The molecule has 0 saturated carbocycles. The molecule has 3 N–H and O–H groups in total. The molecule has 7 nitrogen and oxygen atoms in total. The van der Waals surface area contributed by atoms with Crippen LogP contribution in [0.15, 0.2) is 67.1 Å². The van der Waals surface area contributed by atoms with Crippen molar-refractivity contribution in [2.24, 2.45) is 11.7 Å². The number of carbonyl (C=O) groups is 2. The molecular formula is C25H29N5O2. The van der Waals surface area contributed by atoms with Crippen molar-refractivity contribution >= 4 is 17.9 Å². The van der Waals surface area contributed by atoms with E-state index in [-0.39, 0.29) is 11.8 Å². The van der Waals surface area contributed by atoms with E-state index < -0.39 is 11.4 Å². The Kier molecular flexibility index (Phi) is 7.20. The number of aromatic nitrogens is 3. The van der Waals surface area contributed by atoms with Crippen molar-refractivity contribution in [1.29, 1.82) is 0 Å². The third-order valence-electron chi connectivity index (χ3n) is 5.09. The van der Waals surface area contributed by atoms with Gasteiger partial charge in [-0.2, -0.15) is 5.10 Å². The first-order valence-electron chi connectivity index (χ1n) is 10.6. The first kappa shape index (κ1) is 22.9. The normalized spacial score (nSPS) is 13.2. The van der Waals surface area contributed by atoms with Crippen LogP contribution in [-0.2, 0) is 16.1 Å². The molecule has 2 aromatic heterocycles. The number of nitrogens with two attached hydrogens (primary N) is 1. The Bertz CT molecular complexity index is 1090. The van der Waals surface area contributed by atoms with Crippen LogP contribution in [0.5, 0.6) is 0 Å². The molecule has 0 bridgehead atoms. The van der Waals surface area contributed by atoms with Gasteiger partial charge >= 0.3 is 0 Å². The highest BCUT2D eigenvalue weighted by Crippen LogP contribution is 2.23. The number of nitrogens with zero attached hydrogens (tertiary/aromatic N) is 3. The van der Waals surface area contributed by atoms with E-state index >= 15 is 0 Å². The Labute approximate surface area is 188 Å². The van der Waals surface area contributed by atoms with Crippen LogP contribution in [0.2, 0.25) is 0 Å². The summed E-state index contributed by atoms with van der Waals surface area (Å²) < 4.78 is 1.83. The smallest absolute Gasteiger partial charge is 0.244 e. The highest BCUT2D eigenvalue weighted by Gasteiger charge is 2.33. The van der Waals surface area contributed by atoms with Crippen LogP contribution in [0.1, 0.15) is 38.3 Å². The molecule has 2 heterocycles. The van der Waals surface area contributed by atoms with Gasteiger partial charge in [0.1, 0.15) is 11.2 Å². The lowest BCUT2D eigenvalue weighted by Crippen LogP contribution is -2.55. The van der Waals surface area contributed by atoms with Crippen LogP contribution in [0.25, 0.3) is 17.3 Å². The molecule has 0 spiro atoms. The molecule has 7 heteroatoms. The van der Waals surface area contributed by atoms with Gasteiger partial charge < -0.3 is 11.1 Å². The number of primary amides is 1. The number of amides is 2. The maximum atomic E-state index is 12.6. The van der Waals surface area contributed by atoms with Gasteiger partial charge in [0, 0.05) is 35.8 Å². The van der Waals surface area contributed by atoms with Crippen molar-refractivity contribution < 1.29 is 9.59 Å². The van der Waals surface area contributed by atoms with Crippen molar-refractivity contribution in [1.82, 2.24) is 20.1 Å². The van der Waals surface area contributed by atoms with E-state index in [1.807, 2.05) is 67.2 Å². The SMILES string of the molecule is CC(C)CC(C)(NC(=O)C=Cc1cn(Cc2ccccc2)nc1-c1cccnc1)C(N)=O. The minimum Gasteiger partial charge on any atom is -0.368 e. The second-order valence-electron chi connectivity index (χ2n) is 8.47. The van der Waals surface area contributed by atoms with Crippen LogP contribution in [0.4, 0.5) is 0 Å². The molecule has 0 aliphatic rings. The minimum absolute atomic E-state index is 0.199. The second kappa shape index (κ2) is 10.0. The first-order chi connectivity index (χ1) is 15.3. The third kappa shape index (κ3) is 5.91. The van der Waals surface area contributed by atoms with Crippen molar-refractivity contribution in [3.63, 3.8) is 0 Å². The van der Waals surface area contributed by atoms with Gasteiger partial charge in [0.2, 0.25) is 11.8 Å². The molecule has 0 radical (unpaired) electrons. The average molecular weight is 432 g/mol. The summed E-state index contributed by atoms with van der Waals surface area (Å²) in [7, 11) is 0. The summed E-state index contributed by atoms with van der Waals surface area (Å²) in [5.41, 5.74) is 7.90. The molecular weight excluding hydrogens is 402 g/mol. The van der Waals surface area contributed by atoms with Gasteiger partial charge in [-0.15, -0.1) is 0 Å². The zero-order valence-corrected chi connectivity index (χ0v) is 18.7. The van der Waals surface area contributed by atoms with Crippen LogP contribution in [0, 0.1) is 5.92 Å². The number of hydrogen-bond donors (Lipinski definition) is 2. The highest BCUT2D eigenvalue weighted by molar-refractivity contribution is 5.97. The van der Waals surface area contributed by atoms with Gasteiger partial charge in [-0.05, 0) is 43.0 Å². The van der Waals surface area contributed by atoms with Gasteiger partial charge in [-0.25, -0.2) is 0 Å². The summed E-state index contributed by atoms with van der Waals surface area (Å²) in [6.45, 7) is 6.21. The Hall–Kier alpha value is -3.74. The number of pyridine rings is 1. The predicted octanol–water partition coefficient (Wildman–Crippen LogP) is 3.41. The summed E-state index contributed by atoms with van der Waals surface area (Å²) >= 11 is 0. The number of nitrogens with one attached hydrogen (secondary N) is 1. The Morgan fingerprint density at radius 2 is 1.94 bits per heavy atom. The van der Waals surface area contributed by atoms with E-state index in [1.165, 1.54) is 6.08 Å². The molecule has 0 aliphatic heterocycles. The Morgan fingerprint density at radius 1 is 1.19 bits per heavy atom. The first-order valence-corrected chi connectivity index (χ1v) is 10.6. The van der Waals surface area contributed by atoms with E-state index in [2.05, 4.69) is 10.3 Å². The largest absolute Gasteiger partial charge is 0.368 e. The number of carbonyl (C=O) groups excluding carboxylic acids is 2. The topological polar surface area (TPSA) is 103 Å². The van der Waals surface area contributed by atoms with E-state index in [4.69, 9.17) is 10.8 Å². The molecule has 0 fully saturated rings. The summed E-state index contributed by atoms with van der Waals surface area (Å²) in [4.78, 5) is 28.7. The van der Waals surface area contributed by atoms with Crippen LogP contribution in [0.3, 0.4) is 0 Å². The van der Waals surface area contributed by atoms with E-state index in [0.29, 0.717) is 13.0 Å². The molecule has 2 amide bonds. The average Bonchev–Trinajstić information content (AvgIpc) is 3.15. The molecule has 32 heavy (non-hydrogen) atoms. The standard InChI is InChI=1S/C25H29N5O2/c1-18(2)14-25(3,24(26)32)28-22(31)12-11-21-17-30(16-19-8-5-4-6-9-19)29-23(21)20-10-7-13-27-15-20/h4-13,15,17-18H,14,16H2,1-3H3,(H2,26,32)(H,28,31). The minimum atomic E-state index is -1.11. The molecule has 0 saturated heterocycles. The van der Waals surface area contributed by atoms with Gasteiger partial charge in [-0.3, -0.25) is 19.3 Å². The van der Waals surface area contributed by atoms with Gasteiger partial charge in [-0.1, -0.05) is 44.2 Å². The van der Waals surface area contributed by atoms with Crippen molar-refractivity contribution in [3.05, 3.63) is 78.3 Å². The molecule has 166 valence electrons. The van der Waals surface area contributed by atoms with E-state index in [9.17, 15) is 9.59 Å². The predicted molar refractivity (Wildman–Crippen MR) is 125 cm³/mol. The quantitative estimate of drug-likeness (QED) is 0.507. The lowest BCUT2D eigenvalue weighted by atomic mass is 9.90. The highest BCUT2D eigenvalue weighted by atomic mass is 16.2. The second-order valence-corrected chi connectivity index (χ2v) is 8.47. The summed E-state index contributed by atoms with van der Waals surface area (Å²) in [6.07, 6.45) is 8.89. The van der Waals surface area contributed by atoms with E-state index in [0.717, 1.165) is 22.4 Å². The maximum absolute atomic E-state index is 12.6. The fraction of sp³-hybridized carbons (Fsp3) is 0.280. The Balaban J connectivity index is 1.86. The molecule has 3 rings (SSSR count). The van der Waals surface area contributed by atoms with Gasteiger partial charge in [0.05, 0.1) is 6.54 Å². The summed E-state index contributed by atoms with van der Waals surface area (Å²) in [5, 5.41) is 7.48. The molecule has 1 unspecified atom stereocenters. The number of benzene rings is 1. The lowest BCUT2D eigenvalue weighted by Gasteiger charge is -2.28. The summed E-state index contributed by atoms with van der Waals surface area (Å²) in [6, 6.07) is 13.8. The van der Waals surface area contributed by atoms with Crippen molar-refractivity contribution in [2.75, 3.05) is 0 Å². The van der Waals surface area contributed by atoms with Crippen LogP contribution < -0.4 is 11.1 Å². The fourth-order valence-electron chi connectivity index (χ4n) is 3.65. The maximum Gasteiger partial charge on any atom is 0.244 e. The monoisotopic (exact) mass is 431 g/mol. The van der Waals surface area contributed by atoms with Gasteiger partial charge in [0.25, 0.3) is 0 Å².